The van der Waals surface area contributed by atoms with Crippen molar-refractivity contribution in [1.29, 1.82) is 0 Å². The molecule has 0 aromatic carbocycles. The molecule has 0 spiro atoms. The fourth-order valence-electron chi connectivity index (χ4n) is 4.75. The number of carbonyl (C=O) groups is 1. The minimum atomic E-state index is -0.0410. The molecule has 1 amide bonds. The van der Waals surface area contributed by atoms with E-state index in [9.17, 15) is 4.79 Å². The fourth-order valence-corrected chi connectivity index (χ4v) is 4.75. The maximum absolute atomic E-state index is 12.9. The molecular weight excluding hydrogens is 442 g/mol. The number of aromatic nitrogens is 4. The molecule has 0 aliphatic carbocycles. The average molecular weight is 478 g/mol. The first kappa shape index (κ1) is 23.5. The zero-order valence-electron chi connectivity index (χ0n) is 20.9. The lowest BCUT2D eigenvalue weighted by Crippen LogP contribution is -2.43. The van der Waals surface area contributed by atoms with Gasteiger partial charge in [-0.3, -0.25) is 9.69 Å². The zero-order valence-corrected chi connectivity index (χ0v) is 20.9. The third-order valence-corrected chi connectivity index (χ3v) is 6.82. The molecule has 2 aliphatic heterocycles. The third kappa shape index (κ3) is 5.23. The van der Waals surface area contributed by atoms with Crippen LogP contribution in [0.1, 0.15) is 35.3 Å². The molecular formula is C25H35N9O. The number of amides is 1. The minimum Gasteiger partial charge on any atom is -0.343 e. The van der Waals surface area contributed by atoms with E-state index in [1.807, 2.05) is 23.0 Å². The predicted octanol–water partition coefficient (Wildman–Crippen LogP) is 2.14. The van der Waals surface area contributed by atoms with E-state index in [0.29, 0.717) is 17.5 Å². The second-order valence-corrected chi connectivity index (χ2v) is 9.78. The lowest BCUT2D eigenvalue weighted by atomic mass is 10.2. The van der Waals surface area contributed by atoms with Crippen molar-refractivity contribution < 1.29 is 4.79 Å². The summed E-state index contributed by atoms with van der Waals surface area (Å²) in [5.41, 5.74) is 2.55. The van der Waals surface area contributed by atoms with Crippen molar-refractivity contribution in [3.8, 4) is 0 Å². The molecule has 10 nitrogen and oxygen atoms in total. The number of carbonyl (C=O) groups excluding carboxylic acids is 1. The van der Waals surface area contributed by atoms with E-state index in [4.69, 9.17) is 4.98 Å². The van der Waals surface area contributed by atoms with Crippen molar-refractivity contribution in [1.82, 2.24) is 34.3 Å². The van der Waals surface area contributed by atoms with Gasteiger partial charge in [-0.25, -0.2) is 14.6 Å². The first-order valence-corrected chi connectivity index (χ1v) is 12.5. The van der Waals surface area contributed by atoms with E-state index in [1.54, 1.807) is 25.2 Å². The van der Waals surface area contributed by atoms with Crippen molar-refractivity contribution in [3.63, 3.8) is 0 Å². The molecule has 2 fully saturated rings. The van der Waals surface area contributed by atoms with Crippen molar-refractivity contribution in [2.75, 3.05) is 70.7 Å². The van der Waals surface area contributed by atoms with E-state index in [0.717, 1.165) is 69.7 Å². The summed E-state index contributed by atoms with van der Waals surface area (Å²) in [6.45, 7) is 7.09. The number of piperazine rings is 1. The quantitative estimate of drug-likeness (QED) is 0.578. The molecule has 10 heteroatoms. The Labute approximate surface area is 206 Å². The summed E-state index contributed by atoms with van der Waals surface area (Å²) in [6, 6.07) is 5.97. The summed E-state index contributed by atoms with van der Waals surface area (Å²) >= 11 is 0. The van der Waals surface area contributed by atoms with Crippen LogP contribution in [0, 0.1) is 0 Å². The van der Waals surface area contributed by atoms with Crippen LogP contribution < -0.4 is 10.3 Å². The number of anilines is 2. The van der Waals surface area contributed by atoms with Crippen LogP contribution in [0.2, 0.25) is 0 Å². The van der Waals surface area contributed by atoms with Gasteiger partial charge in [0.15, 0.2) is 5.65 Å². The molecule has 35 heavy (non-hydrogen) atoms. The second-order valence-electron chi connectivity index (χ2n) is 9.78. The summed E-state index contributed by atoms with van der Waals surface area (Å²) in [5.74, 6) is 1.13. The molecule has 0 saturated carbocycles. The SMILES string of the molecule is CN1CCN(Cc2ccc(Nc3ncc4cc(C(=O)N(C)C)n(N5CCCCC5)c4n3)nc2)CC1. The second kappa shape index (κ2) is 10.2. The van der Waals surface area contributed by atoms with E-state index >= 15 is 0 Å². The maximum Gasteiger partial charge on any atom is 0.272 e. The number of nitrogens with one attached hydrogen (secondary N) is 1. The summed E-state index contributed by atoms with van der Waals surface area (Å²) in [7, 11) is 5.72. The van der Waals surface area contributed by atoms with Gasteiger partial charge >= 0.3 is 0 Å². The fraction of sp³-hybridized carbons (Fsp3) is 0.520. The van der Waals surface area contributed by atoms with Crippen LogP contribution in [0.15, 0.2) is 30.6 Å². The van der Waals surface area contributed by atoms with Crippen molar-refractivity contribution >= 4 is 28.7 Å². The molecule has 0 bridgehead atoms. The van der Waals surface area contributed by atoms with Gasteiger partial charge in [0.1, 0.15) is 11.5 Å². The molecule has 3 aromatic heterocycles. The van der Waals surface area contributed by atoms with Crippen LogP contribution in [-0.2, 0) is 6.54 Å². The lowest BCUT2D eigenvalue weighted by molar-refractivity contribution is 0.0816. The number of nitrogens with zero attached hydrogens (tertiary/aromatic N) is 8. The van der Waals surface area contributed by atoms with E-state index in [1.165, 1.54) is 12.0 Å². The van der Waals surface area contributed by atoms with Crippen LogP contribution in [0.5, 0.6) is 0 Å². The summed E-state index contributed by atoms with van der Waals surface area (Å²) < 4.78 is 1.98. The highest BCUT2D eigenvalue weighted by Gasteiger charge is 2.24. The first-order valence-electron chi connectivity index (χ1n) is 12.5. The number of likely N-dealkylation sites (N-methyl/N-ethyl adjacent to an activating group) is 1. The number of pyridine rings is 1. The van der Waals surface area contributed by atoms with Crippen molar-refractivity contribution in [2.45, 2.75) is 25.8 Å². The Morgan fingerprint density at radius 3 is 2.46 bits per heavy atom. The van der Waals surface area contributed by atoms with Gasteiger partial charge in [0.2, 0.25) is 5.95 Å². The van der Waals surface area contributed by atoms with E-state index in [-0.39, 0.29) is 5.91 Å². The van der Waals surface area contributed by atoms with Gasteiger partial charge in [-0.05, 0) is 44.0 Å². The monoisotopic (exact) mass is 477 g/mol. The van der Waals surface area contributed by atoms with Gasteiger partial charge in [0.05, 0.1) is 0 Å². The summed E-state index contributed by atoms with van der Waals surface area (Å²) in [5, 5.41) is 6.32. The van der Waals surface area contributed by atoms with Crippen LogP contribution in [0.4, 0.5) is 11.8 Å². The molecule has 0 radical (unpaired) electrons. The maximum atomic E-state index is 12.9. The van der Waals surface area contributed by atoms with E-state index < -0.39 is 0 Å². The molecule has 2 aliphatic rings. The molecule has 186 valence electrons. The van der Waals surface area contributed by atoms with Gasteiger partial charge < -0.3 is 20.1 Å². The van der Waals surface area contributed by atoms with Crippen molar-refractivity contribution in [2.24, 2.45) is 0 Å². The lowest BCUT2D eigenvalue weighted by Gasteiger charge is -2.32. The van der Waals surface area contributed by atoms with Crippen LogP contribution >= 0.6 is 0 Å². The smallest absolute Gasteiger partial charge is 0.272 e. The highest BCUT2D eigenvalue weighted by atomic mass is 16.2. The van der Waals surface area contributed by atoms with E-state index in [2.05, 4.69) is 43.2 Å². The first-order chi connectivity index (χ1) is 17.0. The number of hydrogen-bond donors (Lipinski definition) is 1. The van der Waals surface area contributed by atoms with Gasteiger partial charge in [0, 0.05) is 77.7 Å². The molecule has 0 unspecified atom stereocenters. The Kier molecular flexibility index (Phi) is 6.83. The molecule has 0 atom stereocenters. The molecule has 5 heterocycles. The Bertz CT molecular complexity index is 1160. The topological polar surface area (TPSA) is 85.7 Å². The largest absolute Gasteiger partial charge is 0.343 e. The Morgan fingerprint density at radius 1 is 1.00 bits per heavy atom. The molecule has 1 N–H and O–H groups in total. The van der Waals surface area contributed by atoms with Gasteiger partial charge in [-0.2, -0.15) is 4.98 Å². The van der Waals surface area contributed by atoms with Gasteiger partial charge in [-0.1, -0.05) is 6.07 Å². The number of piperidine rings is 1. The average Bonchev–Trinajstić information content (AvgIpc) is 3.25. The summed E-state index contributed by atoms with van der Waals surface area (Å²) in [6.07, 6.45) is 7.12. The third-order valence-electron chi connectivity index (χ3n) is 6.82. The van der Waals surface area contributed by atoms with Crippen LogP contribution in [0.3, 0.4) is 0 Å². The van der Waals surface area contributed by atoms with Crippen LogP contribution in [0.25, 0.3) is 11.0 Å². The van der Waals surface area contributed by atoms with Crippen LogP contribution in [-0.4, -0.2) is 101 Å². The minimum absolute atomic E-state index is 0.0410. The Morgan fingerprint density at radius 2 is 1.77 bits per heavy atom. The zero-order chi connectivity index (χ0) is 24.4. The number of hydrogen-bond acceptors (Lipinski definition) is 8. The molecule has 5 rings (SSSR count). The number of rotatable bonds is 6. The normalized spacial score (nSPS) is 17.6. The highest BCUT2D eigenvalue weighted by Crippen LogP contribution is 2.23. The van der Waals surface area contributed by atoms with Gasteiger partial charge in [0.25, 0.3) is 5.91 Å². The summed E-state index contributed by atoms with van der Waals surface area (Å²) in [4.78, 5) is 33.3. The molecule has 3 aromatic rings. The predicted molar refractivity (Wildman–Crippen MR) is 138 cm³/mol. The van der Waals surface area contributed by atoms with Gasteiger partial charge in [-0.15, -0.1) is 0 Å². The Balaban J connectivity index is 1.36. The van der Waals surface area contributed by atoms with Crippen molar-refractivity contribution in [3.05, 3.63) is 41.9 Å². The molecule has 2 saturated heterocycles. The number of fused-ring (bicyclic) bond motifs is 1. The highest BCUT2D eigenvalue weighted by molar-refractivity contribution is 5.98. The standard InChI is InChI=1S/C25H35N9O/c1-30(2)24(35)21-15-20-17-27-25(29-23(20)34(21)33-9-5-4-6-10-33)28-22-8-7-19(16-26-22)18-32-13-11-31(3)12-14-32/h7-8,15-17H,4-6,9-14,18H2,1-3H3,(H,26,27,28,29). The Hall–Kier alpha value is -3.24.